The molecule has 0 spiro atoms. The number of halogens is 5. The van der Waals surface area contributed by atoms with E-state index in [2.05, 4.69) is 20.6 Å². The van der Waals surface area contributed by atoms with E-state index in [1.54, 1.807) is 0 Å². The van der Waals surface area contributed by atoms with Crippen LogP contribution in [0.4, 0.5) is 17.6 Å². The second kappa shape index (κ2) is 13.3. The van der Waals surface area contributed by atoms with Gasteiger partial charge in [-0.15, -0.1) is 11.3 Å². The Morgan fingerprint density at radius 2 is 1.87 bits per heavy atom. The third kappa shape index (κ3) is 9.27. The first-order valence-electron chi connectivity index (χ1n) is 11.7. The topological polar surface area (TPSA) is 138 Å². The molecule has 0 aliphatic heterocycles. The molecule has 4 atom stereocenters. The zero-order chi connectivity index (χ0) is 28.7. The van der Waals surface area contributed by atoms with Gasteiger partial charge in [0.1, 0.15) is 23.0 Å². The molecule has 3 aromatic rings. The number of thiazole rings is 1. The summed E-state index contributed by atoms with van der Waals surface area (Å²) in [5, 5.41) is 26.8. The van der Waals surface area contributed by atoms with E-state index < -0.39 is 60.9 Å². The normalized spacial score (nSPS) is 14.9. The summed E-state index contributed by atoms with van der Waals surface area (Å²) in [6.07, 6.45) is -6.47. The van der Waals surface area contributed by atoms with E-state index in [0.29, 0.717) is 0 Å². The molecule has 15 heteroatoms. The van der Waals surface area contributed by atoms with Crippen LogP contribution in [0.25, 0.3) is 11.5 Å². The zero-order valence-electron chi connectivity index (χ0n) is 20.4. The highest BCUT2D eigenvalue weighted by Crippen LogP contribution is 2.28. The van der Waals surface area contributed by atoms with Gasteiger partial charge in [0.25, 0.3) is 5.91 Å². The fourth-order valence-corrected chi connectivity index (χ4v) is 4.47. The van der Waals surface area contributed by atoms with Crippen molar-refractivity contribution in [3.8, 4) is 11.5 Å². The average molecular weight is 593 g/mol. The standard InChI is InChI=1S/C24H25ClF4N4O5S/c1-12(34)2-3-17(20(36)32-16(4-5-24(27,28)29)19(35)23-30-6-7-39-23)33-21(37)18-11-31-22(38-18)13-8-14(25)10-15(26)9-13/h6-12,16-17,19,34-35H,2-5H2,1H3,(H,32,36)(H,33,37)/t12?,16-,17-,19?/m0/s1. The molecule has 9 nitrogen and oxygen atoms in total. The number of aliphatic hydroxyl groups excluding tert-OH is 2. The van der Waals surface area contributed by atoms with Gasteiger partial charge in [0, 0.05) is 28.6 Å². The molecule has 39 heavy (non-hydrogen) atoms. The van der Waals surface area contributed by atoms with Crippen molar-refractivity contribution in [1.29, 1.82) is 0 Å². The largest absolute Gasteiger partial charge is 0.431 e. The summed E-state index contributed by atoms with van der Waals surface area (Å²) >= 11 is 6.84. The Morgan fingerprint density at radius 1 is 1.13 bits per heavy atom. The zero-order valence-corrected chi connectivity index (χ0v) is 22.0. The molecule has 1 aromatic carbocycles. The number of nitrogens with zero attached hydrogens (tertiary/aromatic N) is 2. The molecule has 0 aliphatic rings. The minimum atomic E-state index is -4.54. The minimum absolute atomic E-state index is 0.0596. The van der Waals surface area contributed by atoms with Crippen molar-refractivity contribution in [3.05, 3.63) is 57.6 Å². The number of aliphatic hydroxyl groups is 2. The first-order chi connectivity index (χ1) is 18.3. The summed E-state index contributed by atoms with van der Waals surface area (Å²) in [6, 6.07) is 0.839. The number of carbonyl (C=O) groups is 2. The molecule has 2 heterocycles. The van der Waals surface area contributed by atoms with Crippen LogP contribution in [0.3, 0.4) is 0 Å². The fourth-order valence-electron chi connectivity index (χ4n) is 3.56. The Kier molecular flexibility index (Phi) is 10.4. The van der Waals surface area contributed by atoms with Crippen LogP contribution < -0.4 is 10.6 Å². The Hall–Kier alpha value is -3.07. The van der Waals surface area contributed by atoms with Gasteiger partial charge >= 0.3 is 6.18 Å². The predicted octanol–water partition coefficient (Wildman–Crippen LogP) is 4.41. The summed E-state index contributed by atoms with van der Waals surface area (Å²) in [4.78, 5) is 33.8. The molecule has 0 saturated heterocycles. The maximum atomic E-state index is 13.7. The van der Waals surface area contributed by atoms with Gasteiger partial charge in [-0.25, -0.2) is 14.4 Å². The number of rotatable bonds is 12. The molecule has 0 bridgehead atoms. The number of amides is 2. The summed E-state index contributed by atoms with van der Waals surface area (Å²) < 4.78 is 57.8. The molecule has 0 fully saturated rings. The SMILES string of the molecule is CC(O)CC[C@H](NC(=O)c1cnc(-c2cc(F)cc(Cl)c2)o1)C(=O)N[C@@H](CCC(F)(F)F)C(O)c1nccs1. The van der Waals surface area contributed by atoms with E-state index in [0.717, 1.165) is 29.7 Å². The number of oxazole rings is 1. The van der Waals surface area contributed by atoms with Crippen LogP contribution in [0.15, 0.2) is 40.4 Å². The lowest BCUT2D eigenvalue weighted by Crippen LogP contribution is -2.51. The second-order valence-electron chi connectivity index (χ2n) is 8.72. The Bertz CT molecular complexity index is 1240. The lowest BCUT2D eigenvalue weighted by atomic mass is 10.0. The van der Waals surface area contributed by atoms with E-state index in [4.69, 9.17) is 16.0 Å². The van der Waals surface area contributed by atoms with Crippen molar-refractivity contribution in [1.82, 2.24) is 20.6 Å². The van der Waals surface area contributed by atoms with Gasteiger partial charge in [-0.3, -0.25) is 9.59 Å². The summed E-state index contributed by atoms with van der Waals surface area (Å²) in [7, 11) is 0. The van der Waals surface area contributed by atoms with Crippen LogP contribution in [0.5, 0.6) is 0 Å². The number of hydrogen-bond donors (Lipinski definition) is 4. The van der Waals surface area contributed by atoms with Gasteiger partial charge in [-0.2, -0.15) is 13.2 Å². The van der Waals surface area contributed by atoms with Crippen molar-refractivity contribution < 1.29 is 41.8 Å². The highest BCUT2D eigenvalue weighted by atomic mass is 35.5. The van der Waals surface area contributed by atoms with Crippen LogP contribution in [-0.2, 0) is 4.79 Å². The molecule has 2 aromatic heterocycles. The number of aromatic nitrogens is 2. The van der Waals surface area contributed by atoms with Gasteiger partial charge in [-0.1, -0.05) is 11.6 Å². The second-order valence-corrected chi connectivity index (χ2v) is 10.1. The average Bonchev–Trinajstić information content (AvgIpc) is 3.55. The van der Waals surface area contributed by atoms with E-state index >= 15 is 0 Å². The Labute approximate surface area is 229 Å². The minimum Gasteiger partial charge on any atom is -0.431 e. The van der Waals surface area contributed by atoms with Gasteiger partial charge in [0.2, 0.25) is 17.6 Å². The lowest BCUT2D eigenvalue weighted by molar-refractivity contribution is -0.140. The van der Waals surface area contributed by atoms with Gasteiger partial charge < -0.3 is 25.3 Å². The summed E-state index contributed by atoms with van der Waals surface area (Å²) in [5.74, 6) is -2.89. The van der Waals surface area contributed by atoms with Crippen molar-refractivity contribution in [2.24, 2.45) is 0 Å². The van der Waals surface area contributed by atoms with Crippen LogP contribution in [0, 0.1) is 5.82 Å². The first-order valence-corrected chi connectivity index (χ1v) is 12.9. The summed E-state index contributed by atoms with van der Waals surface area (Å²) in [6.45, 7) is 1.46. The first kappa shape index (κ1) is 30.5. The van der Waals surface area contributed by atoms with Crippen molar-refractivity contribution in [3.63, 3.8) is 0 Å². The summed E-state index contributed by atoms with van der Waals surface area (Å²) in [5.41, 5.74) is 0.158. The molecule has 0 aliphatic carbocycles. The maximum Gasteiger partial charge on any atom is 0.389 e. The van der Waals surface area contributed by atoms with E-state index in [-0.39, 0.29) is 40.1 Å². The lowest BCUT2D eigenvalue weighted by Gasteiger charge is -2.26. The number of benzene rings is 1. The van der Waals surface area contributed by atoms with Crippen molar-refractivity contribution in [2.75, 3.05) is 0 Å². The smallest absolute Gasteiger partial charge is 0.389 e. The van der Waals surface area contributed by atoms with Crippen LogP contribution in [0.2, 0.25) is 5.02 Å². The highest BCUT2D eigenvalue weighted by Gasteiger charge is 2.34. The molecular weight excluding hydrogens is 568 g/mol. The number of alkyl halides is 3. The molecule has 4 N–H and O–H groups in total. The van der Waals surface area contributed by atoms with Crippen LogP contribution in [-0.4, -0.2) is 56.4 Å². The number of nitrogens with one attached hydrogen (secondary N) is 2. The molecule has 2 unspecified atom stereocenters. The fraction of sp³-hybridized carbons (Fsp3) is 0.417. The molecule has 0 radical (unpaired) electrons. The van der Waals surface area contributed by atoms with Crippen molar-refractivity contribution >= 4 is 34.8 Å². The quantitative estimate of drug-likeness (QED) is 0.229. The van der Waals surface area contributed by atoms with Gasteiger partial charge in [-0.05, 0) is 44.4 Å². The molecule has 3 rings (SSSR count). The van der Waals surface area contributed by atoms with Gasteiger partial charge in [0.05, 0.1) is 18.3 Å². The van der Waals surface area contributed by atoms with E-state index in [9.17, 15) is 37.4 Å². The molecular formula is C24H25ClF4N4O5S. The third-order valence-electron chi connectivity index (χ3n) is 5.49. The van der Waals surface area contributed by atoms with Crippen molar-refractivity contribution in [2.45, 2.75) is 63.1 Å². The Balaban J connectivity index is 1.77. The van der Waals surface area contributed by atoms with E-state index in [1.165, 1.54) is 24.6 Å². The number of hydrogen-bond acceptors (Lipinski definition) is 8. The maximum absolute atomic E-state index is 13.7. The molecule has 2 amide bonds. The van der Waals surface area contributed by atoms with E-state index in [1.807, 2.05) is 0 Å². The van der Waals surface area contributed by atoms with Crippen LogP contribution >= 0.6 is 22.9 Å². The Morgan fingerprint density at radius 3 is 2.49 bits per heavy atom. The predicted molar refractivity (Wildman–Crippen MR) is 133 cm³/mol. The van der Waals surface area contributed by atoms with Crippen LogP contribution in [0.1, 0.15) is 54.3 Å². The molecule has 212 valence electrons. The monoisotopic (exact) mass is 592 g/mol. The molecule has 0 saturated carbocycles. The highest BCUT2D eigenvalue weighted by molar-refractivity contribution is 7.09. The third-order valence-corrected chi connectivity index (χ3v) is 6.55. The number of carbonyl (C=O) groups excluding carboxylic acids is 2. The van der Waals surface area contributed by atoms with Gasteiger partial charge in [0.15, 0.2) is 0 Å².